The predicted octanol–water partition coefficient (Wildman–Crippen LogP) is 1.74. The van der Waals surface area contributed by atoms with Crippen LogP contribution < -0.4 is 0 Å². The van der Waals surface area contributed by atoms with E-state index in [1.54, 1.807) is 6.07 Å². The molecule has 1 heterocycles. The zero-order valence-electron chi connectivity index (χ0n) is 13.1. The monoisotopic (exact) mass is 345 g/mol. The van der Waals surface area contributed by atoms with Crippen LogP contribution in [0.4, 0.5) is 0 Å². The largest absolute Gasteiger partial charge is 0.464 e. The SMILES string of the molecule is COC(=O)c1cc(C#Cc2ccccc2)cc(COS(C)(=O)=O)n1. The molecule has 0 N–H and O–H groups in total. The molecule has 0 aliphatic heterocycles. The van der Waals surface area contributed by atoms with Gasteiger partial charge in [-0.15, -0.1) is 0 Å². The van der Waals surface area contributed by atoms with E-state index < -0.39 is 16.1 Å². The number of aromatic nitrogens is 1. The number of esters is 1. The van der Waals surface area contributed by atoms with E-state index >= 15 is 0 Å². The number of carbonyl (C=O) groups excluding carboxylic acids is 1. The van der Waals surface area contributed by atoms with Gasteiger partial charge in [-0.05, 0) is 24.3 Å². The Morgan fingerprint density at radius 3 is 2.42 bits per heavy atom. The third-order valence-corrected chi connectivity index (χ3v) is 3.36. The van der Waals surface area contributed by atoms with Gasteiger partial charge in [-0.2, -0.15) is 8.42 Å². The minimum absolute atomic E-state index is 0.0319. The van der Waals surface area contributed by atoms with E-state index in [4.69, 9.17) is 4.18 Å². The molecule has 1 aromatic carbocycles. The molecule has 0 amide bonds. The van der Waals surface area contributed by atoms with Crippen LogP contribution in [0.15, 0.2) is 42.5 Å². The highest BCUT2D eigenvalue weighted by molar-refractivity contribution is 7.85. The molecule has 0 saturated carbocycles. The molecule has 0 fully saturated rings. The van der Waals surface area contributed by atoms with E-state index in [1.807, 2.05) is 30.3 Å². The number of carbonyl (C=O) groups is 1. The Balaban J connectivity index is 2.36. The van der Waals surface area contributed by atoms with Crippen molar-refractivity contribution in [1.29, 1.82) is 0 Å². The van der Waals surface area contributed by atoms with E-state index in [0.717, 1.165) is 11.8 Å². The molecule has 0 unspecified atom stereocenters. The first-order chi connectivity index (χ1) is 11.4. The third-order valence-electron chi connectivity index (χ3n) is 2.82. The lowest BCUT2D eigenvalue weighted by Gasteiger charge is -2.05. The van der Waals surface area contributed by atoms with Gasteiger partial charge in [0.1, 0.15) is 12.3 Å². The second kappa shape index (κ2) is 7.73. The summed E-state index contributed by atoms with van der Waals surface area (Å²) < 4.78 is 31.6. The van der Waals surface area contributed by atoms with Gasteiger partial charge in [0.15, 0.2) is 0 Å². The van der Waals surface area contributed by atoms with E-state index in [9.17, 15) is 13.2 Å². The molecule has 24 heavy (non-hydrogen) atoms. The van der Waals surface area contributed by atoms with Crippen LogP contribution in [0.25, 0.3) is 0 Å². The molecule has 1 aromatic heterocycles. The Morgan fingerprint density at radius 2 is 1.79 bits per heavy atom. The highest BCUT2D eigenvalue weighted by atomic mass is 32.2. The lowest BCUT2D eigenvalue weighted by molar-refractivity contribution is 0.0593. The van der Waals surface area contributed by atoms with Crippen LogP contribution in [0.5, 0.6) is 0 Å². The molecular formula is C17H15NO5S. The summed E-state index contributed by atoms with van der Waals surface area (Å²) in [5, 5.41) is 0. The number of ether oxygens (including phenoxy) is 1. The van der Waals surface area contributed by atoms with Gasteiger partial charge < -0.3 is 4.74 Å². The van der Waals surface area contributed by atoms with Crippen molar-refractivity contribution < 1.29 is 22.1 Å². The van der Waals surface area contributed by atoms with Crippen LogP contribution in [-0.2, 0) is 25.6 Å². The Morgan fingerprint density at radius 1 is 1.12 bits per heavy atom. The minimum atomic E-state index is -3.62. The summed E-state index contributed by atoms with van der Waals surface area (Å²) in [6.07, 6.45) is 0.938. The first-order valence-corrected chi connectivity index (χ1v) is 8.70. The van der Waals surface area contributed by atoms with Crippen LogP contribution in [0, 0.1) is 11.8 Å². The molecule has 2 rings (SSSR count). The predicted molar refractivity (Wildman–Crippen MR) is 87.6 cm³/mol. The number of nitrogens with zero attached hydrogens (tertiary/aromatic N) is 1. The average Bonchev–Trinajstić information content (AvgIpc) is 2.57. The molecule has 7 heteroatoms. The normalized spacial score (nSPS) is 10.6. The molecule has 2 aromatic rings. The van der Waals surface area contributed by atoms with Crippen LogP contribution >= 0.6 is 0 Å². The third kappa shape index (κ3) is 5.50. The first kappa shape index (κ1) is 17.7. The van der Waals surface area contributed by atoms with Crippen molar-refractivity contribution in [2.45, 2.75) is 6.61 Å². The standard InChI is InChI=1S/C17H15NO5S/c1-22-17(19)16-11-14(9-8-13-6-4-3-5-7-13)10-15(18-16)12-23-24(2,20)21/h3-7,10-11H,12H2,1-2H3. The maximum atomic E-state index is 11.7. The smallest absolute Gasteiger partial charge is 0.356 e. The lowest BCUT2D eigenvalue weighted by atomic mass is 10.1. The maximum Gasteiger partial charge on any atom is 0.356 e. The fourth-order valence-electron chi connectivity index (χ4n) is 1.78. The van der Waals surface area contributed by atoms with Crippen LogP contribution in [0.2, 0.25) is 0 Å². The highest BCUT2D eigenvalue weighted by Crippen LogP contribution is 2.09. The van der Waals surface area contributed by atoms with Gasteiger partial charge in [-0.3, -0.25) is 4.18 Å². The number of methoxy groups -OCH3 is 1. The molecule has 0 atom stereocenters. The van der Waals surface area contributed by atoms with Gasteiger partial charge in [-0.1, -0.05) is 30.0 Å². The lowest BCUT2D eigenvalue weighted by Crippen LogP contribution is -2.09. The highest BCUT2D eigenvalue weighted by Gasteiger charge is 2.12. The van der Waals surface area contributed by atoms with Gasteiger partial charge in [0.05, 0.1) is 19.1 Å². The van der Waals surface area contributed by atoms with E-state index in [1.165, 1.54) is 13.2 Å². The minimum Gasteiger partial charge on any atom is -0.464 e. The zero-order valence-corrected chi connectivity index (χ0v) is 14.0. The summed E-state index contributed by atoms with van der Waals surface area (Å²) >= 11 is 0. The Hall–Kier alpha value is -2.69. The van der Waals surface area contributed by atoms with Gasteiger partial charge in [0, 0.05) is 11.1 Å². The summed E-state index contributed by atoms with van der Waals surface area (Å²) in [7, 11) is -2.39. The van der Waals surface area contributed by atoms with Crippen molar-refractivity contribution in [3.05, 3.63) is 65.0 Å². The van der Waals surface area contributed by atoms with Crippen LogP contribution in [0.1, 0.15) is 27.3 Å². The second-order valence-corrected chi connectivity index (χ2v) is 6.45. The summed E-state index contributed by atoms with van der Waals surface area (Å²) in [6.45, 7) is -0.288. The number of hydrogen-bond donors (Lipinski definition) is 0. The Bertz CT molecular complexity index is 896. The topological polar surface area (TPSA) is 82.6 Å². The number of hydrogen-bond acceptors (Lipinski definition) is 6. The summed E-state index contributed by atoms with van der Waals surface area (Å²) in [4.78, 5) is 15.7. The number of rotatable bonds is 4. The van der Waals surface area contributed by atoms with Gasteiger partial charge >= 0.3 is 5.97 Å². The number of benzene rings is 1. The molecule has 0 radical (unpaired) electrons. The molecule has 0 aliphatic carbocycles. The molecule has 6 nitrogen and oxygen atoms in total. The molecule has 124 valence electrons. The van der Waals surface area contributed by atoms with Crippen molar-refractivity contribution >= 4 is 16.1 Å². The summed E-state index contributed by atoms with van der Waals surface area (Å²) in [6, 6.07) is 12.3. The summed E-state index contributed by atoms with van der Waals surface area (Å²) in [5.74, 6) is 5.23. The van der Waals surface area contributed by atoms with Crippen molar-refractivity contribution in [3.8, 4) is 11.8 Å². The van der Waals surface area contributed by atoms with Crippen molar-refractivity contribution in [1.82, 2.24) is 4.98 Å². The fourth-order valence-corrected chi connectivity index (χ4v) is 2.11. The summed E-state index contributed by atoms with van der Waals surface area (Å²) in [5.41, 5.74) is 1.61. The van der Waals surface area contributed by atoms with Crippen molar-refractivity contribution in [2.75, 3.05) is 13.4 Å². The quantitative estimate of drug-likeness (QED) is 0.477. The van der Waals surface area contributed by atoms with E-state index in [2.05, 4.69) is 21.6 Å². The van der Waals surface area contributed by atoms with E-state index in [0.29, 0.717) is 5.56 Å². The molecular weight excluding hydrogens is 330 g/mol. The average molecular weight is 345 g/mol. The van der Waals surface area contributed by atoms with E-state index in [-0.39, 0.29) is 18.0 Å². The Labute approximate surface area is 140 Å². The first-order valence-electron chi connectivity index (χ1n) is 6.88. The van der Waals surface area contributed by atoms with Crippen molar-refractivity contribution in [2.24, 2.45) is 0 Å². The molecule has 0 spiro atoms. The second-order valence-electron chi connectivity index (χ2n) is 4.81. The molecule has 0 saturated heterocycles. The fraction of sp³-hybridized carbons (Fsp3) is 0.176. The van der Waals surface area contributed by atoms with Crippen LogP contribution in [0.3, 0.4) is 0 Å². The Kier molecular flexibility index (Phi) is 5.68. The van der Waals surface area contributed by atoms with Gasteiger partial charge in [-0.25, -0.2) is 9.78 Å². The zero-order chi connectivity index (χ0) is 17.6. The molecule has 0 bridgehead atoms. The van der Waals surface area contributed by atoms with Crippen LogP contribution in [-0.4, -0.2) is 32.7 Å². The van der Waals surface area contributed by atoms with Crippen molar-refractivity contribution in [3.63, 3.8) is 0 Å². The molecule has 0 aliphatic rings. The maximum absolute atomic E-state index is 11.7. The van der Waals surface area contributed by atoms with Gasteiger partial charge in [0.25, 0.3) is 10.1 Å². The number of pyridine rings is 1. The van der Waals surface area contributed by atoms with Gasteiger partial charge in [0.2, 0.25) is 0 Å².